The molecule has 0 aliphatic heterocycles. The number of methoxy groups -OCH3 is 1. The molecule has 1 aromatic heterocycles. The molecule has 24 heavy (non-hydrogen) atoms. The van der Waals surface area contributed by atoms with Crippen LogP contribution in [0.15, 0.2) is 48.5 Å². The van der Waals surface area contributed by atoms with E-state index in [1.807, 2.05) is 24.3 Å². The van der Waals surface area contributed by atoms with Crippen LogP contribution in [-0.2, 0) is 0 Å². The van der Waals surface area contributed by atoms with Gasteiger partial charge in [-0.2, -0.15) is 0 Å². The number of nitrogens with one attached hydrogen (secondary N) is 2. The summed E-state index contributed by atoms with van der Waals surface area (Å²) >= 11 is 7.15. The molecule has 0 bridgehead atoms. The number of nitrogens with zero attached hydrogens (tertiary/aromatic N) is 2. The maximum Gasteiger partial charge on any atom is 0.325 e. The Morgan fingerprint density at radius 2 is 1.96 bits per heavy atom. The summed E-state index contributed by atoms with van der Waals surface area (Å²) in [6.45, 7) is 0. The highest BCUT2D eigenvalue weighted by atomic mass is 35.5. The van der Waals surface area contributed by atoms with Gasteiger partial charge < -0.3 is 10.1 Å². The summed E-state index contributed by atoms with van der Waals surface area (Å²) in [7, 11) is 1.60. The zero-order valence-electron chi connectivity index (χ0n) is 12.6. The van der Waals surface area contributed by atoms with Crippen LogP contribution in [0.2, 0.25) is 5.02 Å². The molecule has 0 saturated heterocycles. The molecule has 2 aromatic carbocycles. The van der Waals surface area contributed by atoms with Gasteiger partial charge in [-0.25, -0.2) is 4.79 Å². The van der Waals surface area contributed by atoms with Gasteiger partial charge in [0.05, 0.1) is 7.11 Å². The lowest BCUT2D eigenvalue weighted by Crippen LogP contribution is -2.19. The summed E-state index contributed by atoms with van der Waals surface area (Å²) < 4.78 is 5.19. The molecule has 1 heterocycles. The number of halogens is 1. The average molecular weight is 361 g/mol. The van der Waals surface area contributed by atoms with E-state index in [2.05, 4.69) is 20.8 Å². The second kappa shape index (κ2) is 7.29. The van der Waals surface area contributed by atoms with Crippen LogP contribution < -0.4 is 15.4 Å². The highest BCUT2D eigenvalue weighted by molar-refractivity contribution is 7.18. The molecule has 0 fully saturated rings. The standard InChI is InChI=1S/C16H13ClN4O2S/c1-23-13-7-2-4-10(8-13)14-20-21-16(24-14)19-15(22)18-12-6-3-5-11(17)9-12/h2-9H,1H3,(H2,18,19,21,22). The number of amides is 2. The zero-order valence-corrected chi connectivity index (χ0v) is 14.2. The van der Waals surface area contributed by atoms with E-state index in [4.69, 9.17) is 16.3 Å². The molecule has 0 aliphatic carbocycles. The van der Waals surface area contributed by atoms with Crippen molar-refractivity contribution in [3.8, 4) is 16.3 Å². The highest BCUT2D eigenvalue weighted by Gasteiger charge is 2.10. The minimum atomic E-state index is -0.411. The van der Waals surface area contributed by atoms with Gasteiger partial charge in [0.25, 0.3) is 0 Å². The Bertz CT molecular complexity index is 869. The quantitative estimate of drug-likeness (QED) is 0.717. The van der Waals surface area contributed by atoms with E-state index in [0.29, 0.717) is 20.8 Å². The number of anilines is 2. The summed E-state index contributed by atoms with van der Waals surface area (Å²) in [4.78, 5) is 12.0. The Hall–Kier alpha value is -2.64. The maximum absolute atomic E-state index is 12.0. The second-order valence-electron chi connectivity index (χ2n) is 4.73. The molecule has 3 aromatic rings. The zero-order chi connectivity index (χ0) is 16.9. The number of hydrogen-bond donors (Lipinski definition) is 2. The van der Waals surface area contributed by atoms with Crippen molar-refractivity contribution in [2.45, 2.75) is 0 Å². The summed E-state index contributed by atoms with van der Waals surface area (Å²) in [5.41, 5.74) is 1.47. The molecule has 0 atom stereocenters. The average Bonchev–Trinajstić information content (AvgIpc) is 3.03. The maximum atomic E-state index is 12.0. The molecule has 0 saturated carbocycles. The number of urea groups is 1. The summed E-state index contributed by atoms with van der Waals surface area (Å²) in [5.74, 6) is 0.732. The Morgan fingerprint density at radius 1 is 1.12 bits per heavy atom. The summed E-state index contributed by atoms with van der Waals surface area (Å²) in [5, 5.41) is 15.0. The first-order chi connectivity index (χ1) is 11.6. The molecule has 122 valence electrons. The topological polar surface area (TPSA) is 76.1 Å². The third-order valence-electron chi connectivity index (χ3n) is 3.04. The number of aromatic nitrogens is 2. The minimum absolute atomic E-state index is 0.396. The van der Waals surface area contributed by atoms with Crippen LogP contribution in [0.25, 0.3) is 10.6 Å². The lowest BCUT2D eigenvalue weighted by atomic mass is 10.2. The first-order valence-corrected chi connectivity index (χ1v) is 8.15. The van der Waals surface area contributed by atoms with Gasteiger partial charge in [0.1, 0.15) is 10.8 Å². The number of rotatable bonds is 4. The lowest BCUT2D eigenvalue weighted by molar-refractivity contribution is 0.262. The lowest BCUT2D eigenvalue weighted by Gasteiger charge is -2.05. The van der Waals surface area contributed by atoms with Crippen LogP contribution >= 0.6 is 22.9 Å². The van der Waals surface area contributed by atoms with Crippen LogP contribution in [0, 0.1) is 0 Å². The number of carbonyl (C=O) groups is 1. The van der Waals surface area contributed by atoms with Gasteiger partial charge in [0.15, 0.2) is 0 Å². The Morgan fingerprint density at radius 3 is 2.75 bits per heavy atom. The molecule has 6 nitrogen and oxygen atoms in total. The van der Waals surface area contributed by atoms with Crippen LogP contribution in [0.3, 0.4) is 0 Å². The number of hydrogen-bond acceptors (Lipinski definition) is 5. The molecule has 3 rings (SSSR count). The van der Waals surface area contributed by atoms with E-state index >= 15 is 0 Å². The molecular formula is C16H13ClN4O2S. The van der Waals surface area contributed by atoms with Gasteiger partial charge in [0, 0.05) is 16.3 Å². The van der Waals surface area contributed by atoms with Crippen molar-refractivity contribution in [1.29, 1.82) is 0 Å². The fourth-order valence-corrected chi connectivity index (χ4v) is 2.90. The Balaban J connectivity index is 1.68. The van der Waals surface area contributed by atoms with Crippen molar-refractivity contribution in [3.63, 3.8) is 0 Å². The van der Waals surface area contributed by atoms with Gasteiger partial charge in [-0.3, -0.25) is 5.32 Å². The van der Waals surface area contributed by atoms with Gasteiger partial charge in [-0.05, 0) is 30.3 Å². The van der Waals surface area contributed by atoms with Gasteiger partial charge in [0.2, 0.25) is 5.13 Å². The minimum Gasteiger partial charge on any atom is -0.497 e. The van der Waals surface area contributed by atoms with E-state index in [9.17, 15) is 4.79 Å². The van der Waals surface area contributed by atoms with Crippen molar-refractivity contribution >= 4 is 39.8 Å². The molecule has 0 unspecified atom stereocenters. The fraction of sp³-hybridized carbons (Fsp3) is 0.0625. The van der Waals surface area contributed by atoms with Gasteiger partial charge in [-0.1, -0.05) is 41.1 Å². The smallest absolute Gasteiger partial charge is 0.325 e. The third kappa shape index (κ3) is 4.01. The van der Waals surface area contributed by atoms with Crippen LogP contribution in [0.1, 0.15) is 0 Å². The molecule has 2 N–H and O–H groups in total. The first-order valence-electron chi connectivity index (χ1n) is 6.95. The van der Waals surface area contributed by atoms with Crippen molar-refractivity contribution in [2.75, 3.05) is 17.7 Å². The van der Waals surface area contributed by atoms with Crippen molar-refractivity contribution in [3.05, 3.63) is 53.6 Å². The molecule has 0 aliphatic rings. The second-order valence-corrected chi connectivity index (χ2v) is 6.15. The van der Waals surface area contributed by atoms with Crippen molar-refractivity contribution in [2.24, 2.45) is 0 Å². The van der Waals surface area contributed by atoms with Crippen LogP contribution in [0.4, 0.5) is 15.6 Å². The summed E-state index contributed by atoms with van der Waals surface area (Å²) in [6.07, 6.45) is 0. The van der Waals surface area contributed by atoms with E-state index in [1.54, 1.807) is 31.4 Å². The normalized spacial score (nSPS) is 10.2. The molecular weight excluding hydrogens is 348 g/mol. The van der Waals surface area contributed by atoms with Crippen LogP contribution in [0.5, 0.6) is 5.75 Å². The molecule has 0 spiro atoms. The summed E-state index contributed by atoms with van der Waals surface area (Å²) in [6, 6.07) is 14.0. The molecule has 2 amide bonds. The van der Waals surface area contributed by atoms with E-state index in [1.165, 1.54) is 11.3 Å². The van der Waals surface area contributed by atoms with E-state index < -0.39 is 6.03 Å². The number of carbonyl (C=O) groups excluding carboxylic acids is 1. The van der Waals surface area contributed by atoms with Gasteiger partial charge in [-0.15, -0.1) is 10.2 Å². The SMILES string of the molecule is COc1cccc(-c2nnc(NC(=O)Nc3cccc(Cl)c3)s2)c1. The number of ether oxygens (including phenoxy) is 1. The largest absolute Gasteiger partial charge is 0.497 e. The monoisotopic (exact) mass is 360 g/mol. The predicted molar refractivity (Wildman–Crippen MR) is 96.0 cm³/mol. The van der Waals surface area contributed by atoms with Crippen molar-refractivity contribution in [1.82, 2.24) is 10.2 Å². The van der Waals surface area contributed by atoms with E-state index in [-0.39, 0.29) is 0 Å². The van der Waals surface area contributed by atoms with Gasteiger partial charge >= 0.3 is 6.03 Å². The van der Waals surface area contributed by atoms with Crippen molar-refractivity contribution < 1.29 is 9.53 Å². The number of benzene rings is 2. The first kappa shape index (κ1) is 16.2. The highest BCUT2D eigenvalue weighted by Crippen LogP contribution is 2.28. The van der Waals surface area contributed by atoms with Crippen LogP contribution in [-0.4, -0.2) is 23.3 Å². The molecule has 0 radical (unpaired) electrons. The fourth-order valence-electron chi connectivity index (χ4n) is 1.97. The third-order valence-corrected chi connectivity index (χ3v) is 4.17. The Labute approximate surface area is 147 Å². The van der Waals surface area contributed by atoms with E-state index in [0.717, 1.165) is 11.3 Å². The predicted octanol–water partition coefficient (Wildman–Crippen LogP) is 4.51. The Kier molecular flexibility index (Phi) is 4.93. The molecule has 8 heteroatoms.